The van der Waals surface area contributed by atoms with E-state index in [2.05, 4.69) is 20.1 Å². The predicted molar refractivity (Wildman–Crippen MR) is 164 cm³/mol. The third-order valence-electron chi connectivity index (χ3n) is 8.23. The maximum absolute atomic E-state index is 11.3. The lowest BCUT2D eigenvalue weighted by atomic mass is 9.95. The number of unbranched alkanes of at least 4 members (excludes halogenated alkanes) is 27. The highest BCUT2D eigenvalue weighted by Crippen LogP contribution is 2.19. The molecule has 1 unspecified atom stereocenters. The first kappa shape index (κ1) is 35.7. The second-order valence-corrected chi connectivity index (χ2v) is 11.9. The largest absolute Gasteiger partial charge is 0.291 e. The summed E-state index contributed by atoms with van der Waals surface area (Å²) in [6.45, 7) is 4.59. The van der Waals surface area contributed by atoms with Crippen LogP contribution in [0.2, 0.25) is 0 Å². The molecule has 0 saturated carbocycles. The summed E-state index contributed by atoms with van der Waals surface area (Å²) in [5, 5.41) is 0. The minimum Gasteiger partial charge on any atom is -0.291 e. The highest BCUT2D eigenvalue weighted by atomic mass is 16.1. The van der Waals surface area contributed by atoms with E-state index in [0.717, 1.165) is 12.8 Å². The Morgan fingerprint density at radius 3 is 0.722 bits per heavy atom. The van der Waals surface area contributed by atoms with Gasteiger partial charge >= 0.3 is 0 Å². The van der Waals surface area contributed by atoms with Crippen molar-refractivity contribution in [3.8, 4) is 0 Å². The van der Waals surface area contributed by atoms with Crippen molar-refractivity contribution in [2.75, 3.05) is 0 Å². The molecule has 0 aromatic carbocycles. The minimum atomic E-state index is 0.212. The van der Waals surface area contributed by atoms with Crippen LogP contribution in [0.5, 0.6) is 0 Å². The van der Waals surface area contributed by atoms with Crippen molar-refractivity contribution in [2.45, 2.75) is 213 Å². The minimum absolute atomic E-state index is 0.212. The fourth-order valence-corrected chi connectivity index (χ4v) is 5.61. The molecule has 0 aliphatic carbocycles. The molecule has 0 aliphatic heterocycles. The van der Waals surface area contributed by atoms with Crippen LogP contribution < -0.4 is 0 Å². The Balaban J connectivity index is 3.26. The van der Waals surface area contributed by atoms with Crippen molar-refractivity contribution in [3.63, 3.8) is 0 Å². The van der Waals surface area contributed by atoms with Gasteiger partial charge < -0.3 is 0 Å². The average molecular weight is 506 g/mol. The fourth-order valence-electron chi connectivity index (χ4n) is 5.61. The maximum atomic E-state index is 11.3. The molecule has 0 bridgehead atoms. The Hall–Kier alpha value is -0.330. The van der Waals surface area contributed by atoms with E-state index in [1.165, 1.54) is 186 Å². The van der Waals surface area contributed by atoms with Gasteiger partial charge in [-0.3, -0.25) is 4.79 Å². The van der Waals surface area contributed by atoms with Crippen molar-refractivity contribution in [1.82, 2.24) is 0 Å². The number of hydrogen-bond donors (Lipinski definition) is 0. The van der Waals surface area contributed by atoms with E-state index in [-0.39, 0.29) is 5.92 Å². The fraction of sp³-hybridized carbons (Fsp3) is 0.971. The molecule has 215 valence electrons. The van der Waals surface area contributed by atoms with Gasteiger partial charge in [-0.25, -0.2) is 0 Å². The lowest BCUT2D eigenvalue weighted by molar-refractivity contribution is 0.448. The number of carbonyl (C=O) groups excluding carboxylic acids is 1. The molecule has 0 rings (SSSR count). The van der Waals surface area contributed by atoms with E-state index in [9.17, 15) is 4.79 Å². The van der Waals surface area contributed by atoms with Crippen molar-refractivity contribution in [3.05, 3.63) is 0 Å². The molecule has 36 heavy (non-hydrogen) atoms. The summed E-state index contributed by atoms with van der Waals surface area (Å²) in [4.78, 5) is 11.3. The van der Waals surface area contributed by atoms with Crippen LogP contribution in [0.4, 0.5) is 0 Å². The molecule has 0 aliphatic rings. The third-order valence-corrected chi connectivity index (χ3v) is 8.23. The van der Waals surface area contributed by atoms with Gasteiger partial charge in [-0.05, 0) is 12.8 Å². The van der Waals surface area contributed by atoms with Gasteiger partial charge in [-0.1, -0.05) is 200 Å². The standard InChI is InChI=1S/C35H69O/c1-3-5-7-9-11-13-15-17-18-19-21-23-25-27-29-31-33-35(34-36)32-30-28-26-24-22-20-16-14-12-10-8-6-4-2/h35H,3-33H2,1-2H3. The van der Waals surface area contributed by atoms with Crippen LogP contribution in [0.15, 0.2) is 0 Å². The molecule has 0 spiro atoms. The molecule has 0 N–H and O–H groups in total. The Bertz CT molecular complexity index is 390. The normalized spacial score (nSPS) is 12.3. The summed E-state index contributed by atoms with van der Waals surface area (Å²) in [5.74, 6) is 0.212. The van der Waals surface area contributed by atoms with Gasteiger partial charge in [0.25, 0.3) is 0 Å². The van der Waals surface area contributed by atoms with Crippen LogP contribution in [0.25, 0.3) is 0 Å². The van der Waals surface area contributed by atoms with Crippen molar-refractivity contribution >= 4 is 6.29 Å². The summed E-state index contributed by atoms with van der Waals surface area (Å²) in [6, 6.07) is 0. The molecule has 0 amide bonds. The molecule has 1 atom stereocenters. The molecule has 1 radical (unpaired) electrons. The van der Waals surface area contributed by atoms with Gasteiger partial charge in [0.15, 0.2) is 0 Å². The molecule has 1 heteroatoms. The first-order valence-corrected chi connectivity index (χ1v) is 17.2. The van der Waals surface area contributed by atoms with Crippen molar-refractivity contribution in [2.24, 2.45) is 5.92 Å². The Kier molecular flexibility index (Phi) is 32.4. The van der Waals surface area contributed by atoms with Gasteiger partial charge in [-0.15, -0.1) is 0 Å². The highest BCUT2D eigenvalue weighted by molar-refractivity contribution is 5.54. The topological polar surface area (TPSA) is 17.1 Å². The van der Waals surface area contributed by atoms with Gasteiger partial charge in [0.2, 0.25) is 6.29 Å². The second-order valence-electron chi connectivity index (χ2n) is 11.9. The van der Waals surface area contributed by atoms with Crippen LogP contribution in [-0.4, -0.2) is 6.29 Å². The van der Waals surface area contributed by atoms with Crippen molar-refractivity contribution in [1.29, 1.82) is 0 Å². The van der Waals surface area contributed by atoms with Gasteiger partial charge in [0, 0.05) is 5.92 Å². The molecular formula is C35H69O. The molecule has 0 heterocycles. The first-order chi connectivity index (χ1) is 17.8. The second kappa shape index (κ2) is 32.7. The van der Waals surface area contributed by atoms with Crippen molar-refractivity contribution < 1.29 is 4.79 Å². The number of hydrogen-bond acceptors (Lipinski definition) is 1. The molecule has 0 aromatic rings. The third kappa shape index (κ3) is 29.9. The summed E-state index contributed by atoms with van der Waals surface area (Å²) in [6.07, 6.45) is 45.2. The average Bonchev–Trinajstić information content (AvgIpc) is 2.89. The van der Waals surface area contributed by atoms with Crippen LogP contribution in [0.1, 0.15) is 213 Å². The zero-order valence-corrected chi connectivity index (χ0v) is 25.4. The van der Waals surface area contributed by atoms with E-state index in [4.69, 9.17) is 0 Å². The number of rotatable bonds is 32. The summed E-state index contributed by atoms with van der Waals surface area (Å²) in [5.41, 5.74) is 0. The quantitative estimate of drug-likeness (QED) is 0.0830. The smallest absolute Gasteiger partial charge is 0.201 e. The van der Waals surface area contributed by atoms with Gasteiger partial charge in [0.05, 0.1) is 0 Å². The van der Waals surface area contributed by atoms with Gasteiger partial charge in [0.1, 0.15) is 0 Å². The Morgan fingerprint density at radius 1 is 0.333 bits per heavy atom. The molecule has 0 saturated heterocycles. The summed E-state index contributed by atoms with van der Waals surface area (Å²) >= 11 is 0. The SMILES string of the molecule is CCCCCCCCCCCCCCCCCCC([C]=O)CCCCCCCCCCCCCCC. The van der Waals surface area contributed by atoms with Crippen LogP contribution in [-0.2, 0) is 4.79 Å². The zero-order valence-electron chi connectivity index (χ0n) is 25.4. The molecular weight excluding hydrogens is 436 g/mol. The molecule has 1 nitrogen and oxygen atoms in total. The monoisotopic (exact) mass is 506 g/mol. The Labute approximate surface area is 229 Å². The lowest BCUT2D eigenvalue weighted by Crippen LogP contribution is -2.02. The Morgan fingerprint density at radius 2 is 0.528 bits per heavy atom. The highest BCUT2D eigenvalue weighted by Gasteiger charge is 2.08. The van der Waals surface area contributed by atoms with Gasteiger partial charge in [-0.2, -0.15) is 0 Å². The summed E-state index contributed by atoms with van der Waals surface area (Å²) in [7, 11) is 0. The zero-order chi connectivity index (χ0) is 26.2. The van der Waals surface area contributed by atoms with Crippen LogP contribution in [0.3, 0.4) is 0 Å². The van der Waals surface area contributed by atoms with E-state index in [1.54, 1.807) is 0 Å². The van der Waals surface area contributed by atoms with E-state index >= 15 is 0 Å². The van der Waals surface area contributed by atoms with Crippen LogP contribution >= 0.6 is 0 Å². The molecule has 0 fully saturated rings. The molecule has 0 aromatic heterocycles. The first-order valence-electron chi connectivity index (χ1n) is 17.2. The lowest BCUT2D eigenvalue weighted by Gasteiger charge is -2.09. The maximum Gasteiger partial charge on any atom is 0.201 e. The van der Waals surface area contributed by atoms with E-state index in [1.807, 2.05) is 0 Å². The predicted octanol–water partition coefficient (Wildman–Crippen LogP) is 12.8. The summed E-state index contributed by atoms with van der Waals surface area (Å²) < 4.78 is 0. The van der Waals surface area contributed by atoms with E-state index in [0.29, 0.717) is 0 Å². The van der Waals surface area contributed by atoms with Crippen LogP contribution in [0, 0.1) is 5.92 Å². The van der Waals surface area contributed by atoms with E-state index < -0.39 is 0 Å².